The van der Waals surface area contributed by atoms with E-state index in [1.807, 2.05) is 0 Å². The Morgan fingerprint density at radius 2 is 2.26 bits per heavy atom. The Morgan fingerprint density at radius 3 is 2.84 bits per heavy atom. The molecule has 0 spiro atoms. The number of nitrogens with one attached hydrogen (secondary N) is 2. The van der Waals surface area contributed by atoms with Crippen LogP contribution in [0.5, 0.6) is 0 Å². The smallest absolute Gasteiger partial charge is 0.260 e. The number of carbonyl (C=O) groups is 1. The van der Waals surface area contributed by atoms with Crippen LogP contribution < -0.4 is 16.6 Å². The molecule has 0 aliphatic rings. The minimum absolute atomic E-state index is 0.0769. The number of rotatable bonds is 3. The van der Waals surface area contributed by atoms with Gasteiger partial charge in [-0.25, -0.2) is 0 Å². The molecule has 0 aliphatic carbocycles. The lowest BCUT2D eigenvalue weighted by Crippen LogP contribution is -2.29. The number of hydrogen-bond donors (Lipinski definition) is 3. The van der Waals surface area contributed by atoms with Crippen LogP contribution in [0, 0.1) is 6.92 Å². The number of nitrogens with two attached hydrogens (primary N) is 1. The van der Waals surface area contributed by atoms with Gasteiger partial charge in [-0.05, 0) is 19.1 Å². The lowest BCUT2D eigenvalue weighted by atomic mass is 10.2. The van der Waals surface area contributed by atoms with E-state index in [0.717, 1.165) is 0 Å². The maximum atomic E-state index is 11.9. The highest BCUT2D eigenvalue weighted by atomic mass is 16.2. The highest BCUT2D eigenvalue weighted by molar-refractivity contribution is 5.93. The summed E-state index contributed by atoms with van der Waals surface area (Å²) in [4.78, 5) is 26.1. The van der Waals surface area contributed by atoms with E-state index >= 15 is 0 Å². The lowest BCUT2D eigenvalue weighted by molar-refractivity contribution is 0.0949. The molecule has 0 aliphatic heterocycles. The average molecular weight is 261 g/mol. The maximum Gasteiger partial charge on any atom is 0.260 e. The molecular weight excluding hydrogens is 246 g/mol. The van der Waals surface area contributed by atoms with Crippen molar-refractivity contribution in [3.63, 3.8) is 0 Å². The quantitative estimate of drug-likeness (QED) is 0.719. The number of aromatic nitrogens is 3. The van der Waals surface area contributed by atoms with E-state index in [-0.39, 0.29) is 12.1 Å². The SMILES string of the molecule is Cc1ccc(C(=O)NCc2cnn(C)c2N)c(=O)[nH]1. The van der Waals surface area contributed by atoms with Gasteiger partial charge in [0.1, 0.15) is 11.4 Å². The lowest BCUT2D eigenvalue weighted by Gasteiger charge is -2.04. The summed E-state index contributed by atoms with van der Waals surface area (Å²) >= 11 is 0. The van der Waals surface area contributed by atoms with Gasteiger partial charge in [-0.15, -0.1) is 0 Å². The minimum Gasteiger partial charge on any atom is -0.384 e. The number of nitrogens with zero attached hydrogens (tertiary/aromatic N) is 2. The van der Waals surface area contributed by atoms with Crippen LogP contribution in [-0.4, -0.2) is 20.7 Å². The van der Waals surface area contributed by atoms with Crippen LogP contribution in [0.1, 0.15) is 21.6 Å². The zero-order valence-corrected chi connectivity index (χ0v) is 10.7. The standard InChI is InChI=1S/C12H15N5O2/c1-7-3-4-9(12(19)16-7)11(18)14-5-8-6-15-17(2)10(8)13/h3-4,6H,5,13H2,1-2H3,(H,14,18)(H,16,19). The van der Waals surface area contributed by atoms with E-state index < -0.39 is 11.5 Å². The van der Waals surface area contributed by atoms with E-state index in [1.54, 1.807) is 26.2 Å². The molecule has 0 fully saturated rings. The number of pyridine rings is 1. The van der Waals surface area contributed by atoms with Crippen LogP contribution in [-0.2, 0) is 13.6 Å². The van der Waals surface area contributed by atoms with Crippen molar-refractivity contribution in [1.29, 1.82) is 0 Å². The molecule has 19 heavy (non-hydrogen) atoms. The van der Waals surface area contributed by atoms with Crippen LogP contribution in [0.25, 0.3) is 0 Å². The summed E-state index contributed by atoms with van der Waals surface area (Å²) in [5.41, 5.74) is 6.84. The molecule has 0 unspecified atom stereocenters. The Hall–Kier alpha value is -2.57. The molecule has 1 amide bonds. The van der Waals surface area contributed by atoms with E-state index in [1.165, 1.54) is 10.7 Å². The number of hydrogen-bond acceptors (Lipinski definition) is 4. The zero-order chi connectivity index (χ0) is 14.0. The second kappa shape index (κ2) is 4.97. The van der Waals surface area contributed by atoms with Crippen molar-refractivity contribution >= 4 is 11.7 Å². The number of anilines is 1. The fraction of sp³-hybridized carbons (Fsp3) is 0.250. The van der Waals surface area contributed by atoms with Crippen molar-refractivity contribution in [2.75, 3.05) is 5.73 Å². The Labute approximate surface area is 109 Å². The summed E-state index contributed by atoms with van der Waals surface area (Å²) in [6.07, 6.45) is 1.58. The minimum atomic E-state index is -0.440. The maximum absolute atomic E-state index is 11.9. The van der Waals surface area contributed by atoms with Gasteiger partial charge in [-0.3, -0.25) is 14.3 Å². The van der Waals surface area contributed by atoms with Crippen LogP contribution in [0.15, 0.2) is 23.1 Å². The van der Waals surface area contributed by atoms with Crippen molar-refractivity contribution in [3.8, 4) is 0 Å². The van der Waals surface area contributed by atoms with E-state index in [0.29, 0.717) is 17.1 Å². The molecule has 7 heteroatoms. The number of nitrogen functional groups attached to an aromatic ring is 1. The summed E-state index contributed by atoms with van der Waals surface area (Å²) in [5, 5.41) is 6.61. The first-order valence-electron chi connectivity index (χ1n) is 5.73. The second-order valence-corrected chi connectivity index (χ2v) is 4.25. The molecule has 0 saturated carbocycles. The number of H-pyrrole nitrogens is 1. The molecule has 2 heterocycles. The molecule has 7 nitrogen and oxygen atoms in total. The summed E-state index contributed by atoms with van der Waals surface area (Å²) in [7, 11) is 1.71. The Kier molecular flexibility index (Phi) is 3.37. The summed E-state index contributed by atoms with van der Waals surface area (Å²) < 4.78 is 1.51. The molecular formula is C12H15N5O2. The molecule has 0 saturated heterocycles. The van der Waals surface area contributed by atoms with E-state index in [9.17, 15) is 9.59 Å². The van der Waals surface area contributed by atoms with Gasteiger partial charge in [-0.1, -0.05) is 0 Å². The Balaban J connectivity index is 2.10. The monoisotopic (exact) mass is 261 g/mol. The number of carbonyl (C=O) groups excluding carboxylic acids is 1. The number of amides is 1. The largest absolute Gasteiger partial charge is 0.384 e. The molecule has 2 rings (SSSR count). The second-order valence-electron chi connectivity index (χ2n) is 4.25. The number of aryl methyl sites for hydroxylation is 2. The first-order valence-corrected chi connectivity index (χ1v) is 5.73. The van der Waals surface area contributed by atoms with Gasteiger partial charge in [-0.2, -0.15) is 5.10 Å². The zero-order valence-electron chi connectivity index (χ0n) is 10.7. The molecule has 0 atom stereocenters. The predicted molar refractivity (Wildman–Crippen MR) is 70.6 cm³/mol. The Bertz CT molecular complexity index is 671. The van der Waals surface area contributed by atoms with E-state index in [2.05, 4.69) is 15.4 Å². The van der Waals surface area contributed by atoms with Crippen molar-refractivity contribution in [1.82, 2.24) is 20.1 Å². The van der Waals surface area contributed by atoms with Crippen molar-refractivity contribution in [2.45, 2.75) is 13.5 Å². The van der Waals surface area contributed by atoms with Crippen molar-refractivity contribution in [3.05, 3.63) is 45.5 Å². The summed E-state index contributed by atoms with van der Waals surface area (Å²) in [5.74, 6) is 0.0441. The third-order valence-electron chi connectivity index (χ3n) is 2.80. The van der Waals surface area contributed by atoms with Crippen LogP contribution in [0.4, 0.5) is 5.82 Å². The van der Waals surface area contributed by atoms with Gasteiger partial charge in [0.2, 0.25) is 0 Å². The van der Waals surface area contributed by atoms with E-state index in [4.69, 9.17) is 5.73 Å². The van der Waals surface area contributed by atoms with Gasteiger partial charge < -0.3 is 16.0 Å². The fourth-order valence-corrected chi connectivity index (χ4v) is 1.65. The molecule has 2 aromatic heterocycles. The number of aromatic amines is 1. The molecule has 0 aromatic carbocycles. The molecule has 100 valence electrons. The highest BCUT2D eigenvalue weighted by Crippen LogP contribution is 2.08. The molecule has 0 bridgehead atoms. The van der Waals surface area contributed by atoms with Gasteiger partial charge >= 0.3 is 0 Å². The first-order chi connectivity index (χ1) is 8.99. The van der Waals surface area contributed by atoms with Gasteiger partial charge in [0, 0.05) is 24.8 Å². The fourth-order valence-electron chi connectivity index (χ4n) is 1.65. The third-order valence-corrected chi connectivity index (χ3v) is 2.80. The highest BCUT2D eigenvalue weighted by Gasteiger charge is 2.11. The third kappa shape index (κ3) is 2.65. The van der Waals surface area contributed by atoms with Crippen LogP contribution >= 0.6 is 0 Å². The average Bonchev–Trinajstić information content (AvgIpc) is 2.67. The molecule has 4 N–H and O–H groups in total. The topological polar surface area (TPSA) is 106 Å². The van der Waals surface area contributed by atoms with Crippen molar-refractivity contribution in [2.24, 2.45) is 7.05 Å². The molecule has 0 radical (unpaired) electrons. The van der Waals surface area contributed by atoms with Gasteiger partial charge in [0.15, 0.2) is 0 Å². The molecule has 2 aromatic rings. The predicted octanol–water partition coefficient (Wildman–Crippen LogP) is -0.0710. The normalized spacial score (nSPS) is 10.4. The van der Waals surface area contributed by atoms with Gasteiger partial charge in [0.05, 0.1) is 6.20 Å². The van der Waals surface area contributed by atoms with Crippen molar-refractivity contribution < 1.29 is 4.79 Å². The summed E-state index contributed by atoms with van der Waals surface area (Å²) in [6.45, 7) is 1.98. The van der Waals surface area contributed by atoms with Gasteiger partial charge in [0.25, 0.3) is 11.5 Å². The Morgan fingerprint density at radius 1 is 1.53 bits per heavy atom. The first kappa shape index (κ1) is 12.9. The summed E-state index contributed by atoms with van der Waals surface area (Å²) in [6, 6.07) is 3.17. The van der Waals surface area contributed by atoms with Crippen LogP contribution in [0.3, 0.4) is 0 Å². The van der Waals surface area contributed by atoms with Crippen LogP contribution in [0.2, 0.25) is 0 Å².